The third kappa shape index (κ3) is 3.78. The van der Waals surface area contributed by atoms with Gasteiger partial charge < -0.3 is 4.74 Å². The molecule has 2 rings (SSSR count). The van der Waals surface area contributed by atoms with E-state index < -0.39 is 11.7 Å². The molecule has 0 aliphatic heterocycles. The van der Waals surface area contributed by atoms with Crippen molar-refractivity contribution in [2.75, 3.05) is 7.11 Å². The molecule has 0 aromatic heterocycles. The van der Waals surface area contributed by atoms with E-state index in [1.165, 1.54) is 31.0 Å². The summed E-state index contributed by atoms with van der Waals surface area (Å²) in [5.41, 5.74) is -1.28. The van der Waals surface area contributed by atoms with Gasteiger partial charge in [-0.2, -0.15) is 13.2 Å². The molecule has 0 amide bonds. The monoisotopic (exact) mass is 312 g/mol. The molecule has 2 aromatic carbocycles. The lowest BCUT2D eigenvalue weighted by Gasteiger charge is -2.11. The summed E-state index contributed by atoms with van der Waals surface area (Å²) in [5, 5.41) is 0. The van der Waals surface area contributed by atoms with Gasteiger partial charge in [0.05, 0.1) is 12.7 Å². The number of ether oxygens (including phenoxy) is 1. The Morgan fingerprint density at radius 1 is 1.05 bits per heavy atom. The van der Waals surface area contributed by atoms with Gasteiger partial charge in [-0.05, 0) is 42.5 Å². The van der Waals surface area contributed by atoms with Crippen LogP contribution >= 0.6 is 11.8 Å². The summed E-state index contributed by atoms with van der Waals surface area (Å²) in [5.74, 6) is 0.673. The van der Waals surface area contributed by atoms with E-state index in [2.05, 4.69) is 0 Å². The first-order valence-electron chi connectivity index (χ1n) is 5.92. The van der Waals surface area contributed by atoms with Crippen LogP contribution in [-0.2, 0) is 6.18 Å². The highest BCUT2D eigenvalue weighted by Gasteiger charge is 2.33. The van der Waals surface area contributed by atoms with Gasteiger partial charge in [-0.1, -0.05) is 11.8 Å². The summed E-state index contributed by atoms with van der Waals surface area (Å²) < 4.78 is 43.6. The zero-order valence-electron chi connectivity index (χ0n) is 11.0. The highest BCUT2D eigenvalue weighted by atomic mass is 32.2. The van der Waals surface area contributed by atoms with E-state index in [-0.39, 0.29) is 11.8 Å². The minimum Gasteiger partial charge on any atom is -0.497 e. The number of carbonyl (C=O) groups is 1. The molecule has 2 nitrogen and oxygen atoms in total. The smallest absolute Gasteiger partial charge is 0.417 e. The molecule has 0 spiro atoms. The molecular weight excluding hydrogens is 301 g/mol. The third-order valence-electron chi connectivity index (χ3n) is 2.75. The first-order chi connectivity index (χ1) is 9.94. The zero-order valence-corrected chi connectivity index (χ0v) is 11.8. The largest absolute Gasteiger partial charge is 0.497 e. The molecule has 0 unspecified atom stereocenters. The Hall–Kier alpha value is -1.95. The maximum absolute atomic E-state index is 12.9. The number of alkyl halides is 3. The fourth-order valence-electron chi connectivity index (χ4n) is 1.73. The second-order valence-corrected chi connectivity index (χ2v) is 5.29. The molecule has 0 atom stereocenters. The van der Waals surface area contributed by atoms with Crippen molar-refractivity contribution in [3.8, 4) is 5.75 Å². The predicted octanol–water partition coefficient (Wildman–Crippen LogP) is 4.68. The van der Waals surface area contributed by atoms with Gasteiger partial charge in [-0.3, -0.25) is 4.79 Å². The van der Waals surface area contributed by atoms with Crippen molar-refractivity contribution in [2.24, 2.45) is 0 Å². The van der Waals surface area contributed by atoms with Gasteiger partial charge in [0.15, 0.2) is 6.29 Å². The van der Waals surface area contributed by atoms with Crippen LogP contribution in [0.3, 0.4) is 0 Å². The van der Waals surface area contributed by atoms with Crippen molar-refractivity contribution in [1.29, 1.82) is 0 Å². The summed E-state index contributed by atoms with van der Waals surface area (Å²) in [6.45, 7) is 0. The minimum atomic E-state index is -4.55. The van der Waals surface area contributed by atoms with E-state index in [0.29, 0.717) is 10.6 Å². The molecule has 0 saturated heterocycles. The zero-order chi connectivity index (χ0) is 15.5. The molecule has 0 aliphatic carbocycles. The Kier molecular flexibility index (Phi) is 4.57. The molecular formula is C15H11F3O2S. The number of aldehydes is 1. The van der Waals surface area contributed by atoms with Gasteiger partial charge in [0.1, 0.15) is 5.75 Å². The normalized spacial score (nSPS) is 11.2. The summed E-state index contributed by atoms with van der Waals surface area (Å²) in [7, 11) is 1.54. The number of rotatable bonds is 4. The summed E-state index contributed by atoms with van der Waals surface area (Å²) in [4.78, 5) is 11.9. The van der Waals surface area contributed by atoms with Gasteiger partial charge in [0, 0.05) is 15.4 Å². The molecule has 2 aromatic rings. The molecule has 0 N–H and O–H groups in total. The average Bonchev–Trinajstić information content (AvgIpc) is 2.47. The van der Waals surface area contributed by atoms with E-state index in [9.17, 15) is 18.0 Å². The van der Waals surface area contributed by atoms with Crippen LogP contribution in [0.15, 0.2) is 52.3 Å². The van der Waals surface area contributed by atoms with E-state index in [1.54, 1.807) is 24.3 Å². The lowest BCUT2D eigenvalue weighted by molar-refractivity contribution is -0.138. The molecule has 6 heteroatoms. The molecule has 0 bridgehead atoms. The van der Waals surface area contributed by atoms with E-state index in [1.807, 2.05) is 0 Å². The van der Waals surface area contributed by atoms with Crippen LogP contribution in [0.4, 0.5) is 13.2 Å². The fraction of sp³-hybridized carbons (Fsp3) is 0.133. The molecule has 21 heavy (non-hydrogen) atoms. The Morgan fingerprint density at radius 3 is 2.19 bits per heavy atom. The Balaban J connectivity index is 2.30. The van der Waals surface area contributed by atoms with Crippen LogP contribution in [-0.4, -0.2) is 13.4 Å². The third-order valence-corrected chi connectivity index (χ3v) is 3.75. The number of hydrogen-bond acceptors (Lipinski definition) is 3. The average molecular weight is 312 g/mol. The van der Waals surface area contributed by atoms with Gasteiger partial charge in [-0.25, -0.2) is 0 Å². The van der Waals surface area contributed by atoms with Gasteiger partial charge in [-0.15, -0.1) is 0 Å². The Labute approximate surface area is 123 Å². The minimum absolute atomic E-state index is 0.213. The summed E-state index contributed by atoms with van der Waals surface area (Å²) >= 11 is 1.18. The standard InChI is InChI=1S/C15H11F3O2S/c1-20-11-3-6-12(7-4-11)21-13-5-2-10(9-19)14(8-13)15(16,17)18/h2-9H,1H3. The summed E-state index contributed by atoms with van der Waals surface area (Å²) in [6, 6.07) is 10.6. The van der Waals surface area contributed by atoms with Gasteiger partial charge in [0.2, 0.25) is 0 Å². The van der Waals surface area contributed by atoms with Crippen LogP contribution in [0.2, 0.25) is 0 Å². The van der Waals surface area contributed by atoms with Crippen molar-refractivity contribution in [3.63, 3.8) is 0 Å². The molecule has 0 saturated carbocycles. The van der Waals surface area contributed by atoms with Crippen LogP contribution in [0.5, 0.6) is 5.75 Å². The van der Waals surface area contributed by atoms with Gasteiger partial charge in [0.25, 0.3) is 0 Å². The van der Waals surface area contributed by atoms with Crippen molar-refractivity contribution in [2.45, 2.75) is 16.0 Å². The fourth-order valence-corrected chi connectivity index (χ4v) is 2.58. The van der Waals surface area contributed by atoms with Crippen LogP contribution in [0, 0.1) is 0 Å². The van der Waals surface area contributed by atoms with E-state index >= 15 is 0 Å². The van der Waals surface area contributed by atoms with Crippen molar-refractivity contribution < 1.29 is 22.7 Å². The number of benzene rings is 2. The Morgan fingerprint density at radius 2 is 1.67 bits per heavy atom. The summed E-state index contributed by atoms with van der Waals surface area (Å²) in [6.07, 6.45) is -4.34. The van der Waals surface area contributed by atoms with E-state index in [0.717, 1.165) is 11.0 Å². The first-order valence-corrected chi connectivity index (χ1v) is 6.74. The highest BCUT2D eigenvalue weighted by Crippen LogP contribution is 2.36. The number of carbonyl (C=O) groups excluding carboxylic acids is 1. The lowest BCUT2D eigenvalue weighted by atomic mass is 10.1. The second-order valence-electron chi connectivity index (χ2n) is 4.14. The Bertz CT molecular complexity index is 636. The first kappa shape index (κ1) is 15.4. The predicted molar refractivity (Wildman–Crippen MR) is 73.9 cm³/mol. The number of methoxy groups -OCH3 is 1. The molecule has 0 radical (unpaired) electrons. The highest BCUT2D eigenvalue weighted by molar-refractivity contribution is 7.99. The second kappa shape index (κ2) is 6.22. The molecule has 0 heterocycles. The maximum atomic E-state index is 12.9. The van der Waals surface area contributed by atoms with Gasteiger partial charge >= 0.3 is 6.18 Å². The van der Waals surface area contributed by atoms with Crippen molar-refractivity contribution >= 4 is 18.0 Å². The molecule has 0 fully saturated rings. The number of hydrogen-bond donors (Lipinski definition) is 0. The SMILES string of the molecule is COc1ccc(Sc2ccc(C=O)c(C(F)(F)F)c2)cc1. The van der Waals surface area contributed by atoms with Crippen LogP contribution < -0.4 is 4.74 Å². The van der Waals surface area contributed by atoms with Crippen LogP contribution in [0.1, 0.15) is 15.9 Å². The van der Waals surface area contributed by atoms with Crippen molar-refractivity contribution in [1.82, 2.24) is 0 Å². The number of halogens is 3. The topological polar surface area (TPSA) is 26.3 Å². The molecule has 0 aliphatic rings. The maximum Gasteiger partial charge on any atom is 0.417 e. The lowest BCUT2D eigenvalue weighted by Crippen LogP contribution is -2.08. The van der Waals surface area contributed by atoms with E-state index in [4.69, 9.17) is 4.74 Å². The molecule has 110 valence electrons. The van der Waals surface area contributed by atoms with Crippen LogP contribution in [0.25, 0.3) is 0 Å². The quantitative estimate of drug-likeness (QED) is 0.767. The van der Waals surface area contributed by atoms with Crippen molar-refractivity contribution in [3.05, 3.63) is 53.6 Å².